The quantitative estimate of drug-likeness (QED) is 0.426. The summed E-state index contributed by atoms with van der Waals surface area (Å²) in [4.78, 5) is 12.8. The lowest BCUT2D eigenvalue weighted by molar-refractivity contribution is -0.870. The summed E-state index contributed by atoms with van der Waals surface area (Å²) < 4.78 is 5.78. The van der Waals surface area contributed by atoms with Crippen LogP contribution in [0.4, 0.5) is 4.79 Å². The summed E-state index contributed by atoms with van der Waals surface area (Å²) in [5.74, 6) is 0. The van der Waals surface area contributed by atoms with E-state index in [0.29, 0.717) is 6.61 Å². The molecule has 14 heavy (non-hydrogen) atoms. The van der Waals surface area contributed by atoms with Crippen LogP contribution in [0.1, 0.15) is 6.42 Å². The van der Waals surface area contributed by atoms with E-state index in [0.717, 1.165) is 30.5 Å². The van der Waals surface area contributed by atoms with Crippen molar-refractivity contribution < 1.29 is 38.0 Å². The predicted molar refractivity (Wildman–Crippen MR) is 50.4 cm³/mol. The molecule has 1 aliphatic rings. The summed E-state index contributed by atoms with van der Waals surface area (Å²) in [6, 6.07) is 0. The second-order valence-electron chi connectivity index (χ2n) is 4.47. The van der Waals surface area contributed by atoms with E-state index in [1.165, 1.54) is 0 Å². The van der Waals surface area contributed by atoms with Crippen LogP contribution in [0.15, 0.2) is 0 Å². The van der Waals surface area contributed by atoms with Gasteiger partial charge in [0.05, 0.1) is 34.2 Å². The minimum atomic E-state index is -0.151. The molecule has 1 heterocycles. The number of cyclic esters (lactones) is 1. The monoisotopic (exact) mass is 314 g/mol. The third-order valence-corrected chi connectivity index (χ3v) is 2.10. The molecule has 0 unspecified atom stereocenters. The summed E-state index contributed by atoms with van der Waals surface area (Å²) in [7, 11) is 6.47. The van der Waals surface area contributed by atoms with Gasteiger partial charge in [-0.3, -0.25) is 0 Å². The van der Waals surface area contributed by atoms with Crippen LogP contribution in [0.3, 0.4) is 0 Å². The highest BCUT2D eigenvalue weighted by Crippen LogP contribution is 2.04. The lowest BCUT2D eigenvalue weighted by Gasteiger charge is -2.24. The number of amides is 1. The van der Waals surface area contributed by atoms with Gasteiger partial charge in [0, 0.05) is 13.0 Å². The van der Waals surface area contributed by atoms with E-state index in [9.17, 15) is 4.79 Å². The number of ether oxygens (including phenoxy) is 1. The highest BCUT2D eigenvalue weighted by molar-refractivity contribution is 5.69. The van der Waals surface area contributed by atoms with Crippen LogP contribution < -0.4 is 24.0 Å². The van der Waals surface area contributed by atoms with E-state index < -0.39 is 0 Å². The number of halogens is 1. The maximum Gasteiger partial charge on any atom is 0.409 e. The molecule has 0 atom stereocenters. The van der Waals surface area contributed by atoms with Gasteiger partial charge in [-0.2, -0.15) is 0 Å². The van der Waals surface area contributed by atoms with Gasteiger partial charge in [-0.1, -0.05) is 0 Å². The molecular weight excluding hydrogens is 295 g/mol. The smallest absolute Gasteiger partial charge is 0.409 e. The zero-order valence-electron chi connectivity index (χ0n) is 9.12. The van der Waals surface area contributed by atoms with Crippen LogP contribution in [0.5, 0.6) is 0 Å². The van der Waals surface area contributed by atoms with E-state index in [1.54, 1.807) is 4.90 Å². The maximum absolute atomic E-state index is 11.0. The van der Waals surface area contributed by atoms with E-state index in [-0.39, 0.29) is 30.1 Å². The van der Waals surface area contributed by atoms with Crippen molar-refractivity contribution in [2.45, 2.75) is 6.42 Å². The first-order valence-corrected chi connectivity index (χ1v) is 4.71. The number of rotatable bonds is 4. The molecule has 0 bridgehead atoms. The van der Waals surface area contributed by atoms with Crippen LogP contribution in [0, 0.1) is 0 Å². The van der Waals surface area contributed by atoms with Crippen molar-refractivity contribution in [2.75, 3.05) is 47.4 Å². The molecule has 1 aliphatic heterocycles. The lowest BCUT2D eigenvalue weighted by atomic mass is 10.3. The Hall–Kier alpha value is -0.0400. The molecule has 4 nitrogen and oxygen atoms in total. The number of hydrogen-bond donors (Lipinski definition) is 0. The Morgan fingerprint density at radius 3 is 2.50 bits per heavy atom. The van der Waals surface area contributed by atoms with E-state index >= 15 is 0 Å². The van der Waals surface area contributed by atoms with Crippen LogP contribution in [-0.2, 0) is 4.74 Å². The molecule has 1 rings (SSSR count). The van der Waals surface area contributed by atoms with Crippen molar-refractivity contribution in [3.63, 3.8) is 0 Å². The molecule has 84 valence electrons. The molecule has 1 fully saturated rings. The topological polar surface area (TPSA) is 29.5 Å². The molecule has 0 aliphatic carbocycles. The average molecular weight is 314 g/mol. The molecule has 0 saturated carbocycles. The standard InChI is InChI=1S/C9H19N2O2.HI/c1-11(2,3)7-4-5-10-6-8-13-9(10)12;/h4-8H2,1-3H3;1H/q+1;/p-1. The Morgan fingerprint density at radius 1 is 1.43 bits per heavy atom. The first-order chi connectivity index (χ1) is 5.99. The summed E-state index contributed by atoms with van der Waals surface area (Å²) in [5, 5.41) is 0. The number of quaternary nitrogens is 1. The Labute approximate surface area is 103 Å². The van der Waals surface area contributed by atoms with Crippen molar-refractivity contribution in [3.8, 4) is 0 Å². The van der Waals surface area contributed by atoms with Crippen LogP contribution in [0.25, 0.3) is 0 Å². The summed E-state index contributed by atoms with van der Waals surface area (Å²) in [6.07, 6.45) is 0.889. The van der Waals surface area contributed by atoms with Crippen molar-refractivity contribution in [1.82, 2.24) is 4.90 Å². The molecule has 1 amide bonds. The summed E-state index contributed by atoms with van der Waals surface area (Å²) in [6.45, 7) is 3.23. The fourth-order valence-corrected chi connectivity index (χ4v) is 1.36. The van der Waals surface area contributed by atoms with Crippen molar-refractivity contribution in [2.24, 2.45) is 0 Å². The van der Waals surface area contributed by atoms with Crippen LogP contribution in [-0.4, -0.2) is 62.9 Å². The molecule has 0 aromatic rings. The van der Waals surface area contributed by atoms with Gasteiger partial charge in [0.1, 0.15) is 6.61 Å². The largest absolute Gasteiger partial charge is 1.00 e. The van der Waals surface area contributed by atoms with E-state index in [2.05, 4.69) is 21.1 Å². The lowest BCUT2D eigenvalue weighted by Crippen LogP contribution is -3.00. The minimum absolute atomic E-state index is 0. The molecule has 1 saturated heterocycles. The van der Waals surface area contributed by atoms with Gasteiger partial charge in [-0.25, -0.2) is 4.79 Å². The highest BCUT2D eigenvalue weighted by atomic mass is 127. The van der Waals surface area contributed by atoms with Crippen molar-refractivity contribution in [3.05, 3.63) is 0 Å². The Bertz CT molecular complexity index is 192. The van der Waals surface area contributed by atoms with Crippen LogP contribution >= 0.6 is 0 Å². The molecular formula is C9H19IN2O2. The van der Waals surface area contributed by atoms with Gasteiger partial charge in [0.15, 0.2) is 0 Å². The van der Waals surface area contributed by atoms with Gasteiger partial charge >= 0.3 is 6.09 Å². The average Bonchev–Trinajstić information content (AvgIpc) is 2.34. The number of carbonyl (C=O) groups is 1. The van der Waals surface area contributed by atoms with Gasteiger partial charge < -0.3 is 38.1 Å². The second-order valence-corrected chi connectivity index (χ2v) is 4.47. The van der Waals surface area contributed by atoms with Gasteiger partial charge in [-0.15, -0.1) is 0 Å². The normalized spacial score (nSPS) is 16.5. The zero-order valence-corrected chi connectivity index (χ0v) is 11.3. The Morgan fingerprint density at radius 2 is 2.07 bits per heavy atom. The molecule has 0 N–H and O–H groups in total. The second kappa shape index (κ2) is 5.75. The Balaban J connectivity index is 0.00000169. The third kappa shape index (κ3) is 4.99. The molecule has 0 radical (unpaired) electrons. The van der Waals surface area contributed by atoms with Crippen molar-refractivity contribution >= 4 is 6.09 Å². The van der Waals surface area contributed by atoms with Gasteiger partial charge in [-0.05, 0) is 0 Å². The summed E-state index contributed by atoms with van der Waals surface area (Å²) in [5.41, 5.74) is 0. The SMILES string of the molecule is C[N+](C)(C)CCCN1CCOC1=O.[I-]. The molecule has 0 aromatic heterocycles. The first kappa shape index (κ1) is 14.0. The number of carbonyl (C=O) groups excluding carboxylic acids is 1. The fourth-order valence-electron chi connectivity index (χ4n) is 1.36. The highest BCUT2D eigenvalue weighted by Gasteiger charge is 2.21. The van der Waals surface area contributed by atoms with Gasteiger partial charge in [0.25, 0.3) is 0 Å². The fraction of sp³-hybridized carbons (Fsp3) is 0.889. The number of nitrogens with zero attached hydrogens (tertiary/aromatic N) is 2. The first-order valence-electron chi connectivity index (χ1n) is 4.71. The van der Waals surface area contributed by atoms with Crippen LogP contribution in [0.2, 0.25) is 0 Å². The minimum Gasteiger partial charge on any atom is -1.00 e. The maximum atomic E-state index is 11.0. The zero-order chi connectivity index (χ0) is 9.90. The predicted octanol–water partition coefficient (Wildman–Crippen LogP) is -2.46. The third-order valence-electron chi connectivity index (χ3n) is 2.10. The molecule has 0 spiro atoms. The molecule has 5 heteroatoms. The van der Waals surface area contributed by atoms with Gasteiger partial charge in [0.2, 0.25) is 0 Å². The van der Waals surface area contributed by atoms with E-state index in [4.69, 9.17) is 4.74 Å². The number of hydrogen-bond acceptors (Lipinski definition) is 2. The summed E-state index contributed by atoms with van der Waals surface area (Å²) >= 11 is 0. The van der Waals surface area contributed by atoms with Crippen molar-refractivity contribution in [1.29, 1.82) is 0 Å². The van der Waals surface area contributed by atoms with E-state index in [1.807, 2.05) is 0 Å². The Kier molecular flexibility index (Phi) is 5.73. The molecule has 0 aromatic carbocycles.